The minimum absolute atomic E-state index is 0.0933. The maximum atomic E-state index is 12.7. The number of nitrogens with zero attached hydrogens (tertiary/aromatic N) is 2. The molecule has 0 heterocycles. The summed E-state index contributed by atoms with van der Waals surface area (Å²) < 4.78 is 63.0. The molecule has 1 N–H and O–H groups in total. The number of carbonyl (C=O) groups excluding carboxylic acids is 1. The number of hydrogen-bond acceptors (Lipinski definition) is 4. The zero-order valence-corrected chi connectivity index (χ0v) is 14.8. The number of nitrogens with one attached hydrogen (secondary N) is 1. The molecule has 0 fully saturated rings. The number of rotatable bonds is 5. The number of nitriles is 1. The molecule has 0 aliphatic rings. The molecule has 2 aromatic rings. The lowest BCUT2D eigenvalue weighted by Crippen LogP contribution is -2.37. The van der Waals surface area contributed by atoms with Gasteiger partial charge in [0, 0.05) is 5.69 Å². The highest BCUT2D eigenvalue weighted by Gasteiger charge is 2.30. The maximum Gasteiger partial charge on any atom is 0.416 e. The van der Waals surface area contributed by atoms with E-state index in [0.29, 0.717) is 0 Å². The van der Waals surface area contributed by atoms with Gasteiger partial charge in [-0.3, -0.25) is 9.10 Å². The topological polar surface area (TPSA) is 90.3 Å². The number of benzene rings is 2. The van der Waals surface area contributed by atoms with Crippen molar-refractivity contribution in [2.75, 3.05) is 22.4 Å². The van der Waals surface area contributed by atoms with Crippen LogP contribution in [0.1, 0.15) is 11.1 Å². The Morgan fingerprint density at radius 1 is 1.19 bits per heavy atom. The smallest absolute Gasteiger partial charge is 0.325 e. The molecule has 0 unspecified atom stereocenters. The summed E-state index contributed by atoms with van der Waals surface area (Å²) >= 11 is 0. The number of alkyl halides is 3. The van der Waals surface area contributed by atoms with Gasteiger partial charge < -0.3 is 5.32 Å². The van der Waals surface area contributed by atoms with Gasteiger partial charge in [-0.25, -0.2) is 8.42 Å². The number of hydrogen-bond donors (Lipinski definition) is 1. The van der Waals surface area contributed by atoms with Crippen molar-refractivity contribution in [1.82, 2.24) is 0 Å². The molecule has 0 saturated heterocycles. The standard InChI is InChI=1S/C17H14F3N3O3S/c1-27(25,26)23(15-7-2-4-12(8-15)10-21)11-16(24)22-14-6-3-5-13(9-14)17(18,19)20/h2-9H,11H2,1H3,(H,22,24). The highest BCUT2D eigenvalue weighted by atomic mass is 32.2. The molecule has 1 amide bonds. The van der Waals surface area contributed by atoms with Crippen molar-refractivity contribution in [2.24, 2.45) is 0 Å². The van der Waals surface area contributed by atoms with E-state index in [0.717, 1.165) is 28.8 Å². The SMILES string of the molecule is CS(=O)(=O)N(CC(=O)Nc1cccc(C(F)(F)F)c1)c1cccc(C#N)c1. The Kier molecular flexibility index (Phi) is 5.75. The number of sulfonamides is 1. The fourth-order valence-electron chi connectivity index (χ4n) is 2.23. The summed E-state index contributed by atoms with van der Waals surface area (Å²) in [6.45, 7) is -0.663. The lowest BCUT2D eigenvalue weighted by atomic mass is 10.2. The predicted molar refractivity (Wildman–Crippen MR) is 93.4 cm³/mol. The monoisotopic (exact) mass is 397 g/mol. The summed E-state index contributed by atoms with van der Waals surface area (Å²) in [4.78, 5) is 12.2. The first-order valence-corrected chi connectivity index (χ1v) is 9.30. The molecule has 0 bridgehead atoms. The van der Waals surface area contributed by atoms with Crippen LogP contribution in [0.3, 0.4) is 0 Å². The van der Waals surface area contributed by atoms with Crippen LogP contribution in [0.15, 0.2) is 48.5 Å². The largest absolute Gasteiger partial charge is 0.416 e. The average molecular weight is 397 g/mol. The Morgan fingerprint density at radius 3 is 2.44 bits per heavy atom. The van der Waals surface area contributed by atoms with Crippen LogP contribution in [-0.4, -0.2) is 27.1 Å². The molecule has 0 aliphatic carbocycles. The van der Waals surface area contributed by atoms with Crippen LogP contribution < -0.4 is 9.62 Å². The Labute approximate surface area is 153 Å². The van der Waals surface area contributed by atoms with Gasteiger partial charge in [-0.05, 0) is 36.4 Å². The molecule has 6 nitrogen and oxygen atoms in total. The van der Waals surface area contributed by atoms with Crippen LogP contribution in [-0.2, 0) is 21.0 Å². The zero-order chi connectivity index (χ0) is 20.2. The molecular formula is C17H14F3N3O3S. The summed E-state index contributed by atoms with van der Waals surface area (Å²) in [5.74, 6) is -0.831. The van der Waals surface area contributed by atoms with Gasteiger partial charge in [0.1, 0.15) is 6.54 Å². The fraction of sp³-hybridized carbons (Fsp3) is 0.176. The Bertz CT molecular complexity index is 998. The van der Waals surface area contributed by atoms with Gasteiger partial charge in [-0.15, -0.1) is 0 Å². The van der Waals surface area contributed by atoms with E-state index < -0.39 is 34.2 Å². The Balaban J connectivity index is 2.24. The number of carbonyl (C=O) groups is 1. The molecule has 2 aromatic carbocycles. The first kappa shape index (κ1) is 20.3. The summed E-state index contributed by atoms with van der Waals surface area (Å²) in [5, 5.41) is 11.2. The van der Waals surface area contributed by atoms with Crippen molar-refractivity contribution in [3.63, 3.8) is 0 Å². The van der Waals surface area contributed by atoms with Gasteiger partial charge in [0.05, 0.1) is 29.1 Å². The van der Waals surface area contributed by atoms with E-state index >= 15 is 0 Å². The van der Waals surface area contributed by atoms with Crippen LogP contribution >= 0.6 is 0 Å². The lowest BCUT2D eigenvalue weighted by molar-refractivity contribution is -0.137. The van der Waals surface area contributed by atoms with Crippen LogP contribution in [0.4, 0.5) is 24.5 Å². The third-order valence-corrected chi connectivity index (χ3v) is 4.57. The van der Waals surface area contributed by atoms with Gasteiger partial charge in [-0.1, -0.05) is 12.1 Å². The first-order valence-electron chi connectivity index (χ1n) is 7.45. The summed E-state index contributed by atoms with van der Waals surface area (Å²) in [7, 11) is -3.88. The van der Waals surface area contributed by atoms with E-state index in [2.05, 4.69) is 5.32 Å². The van der Waals surface area contributed by atoms with Crippen molar-refractivity contribution < 1.29 is 26.4 Å². The van der Waals surface area contributed by atoms with Crippen LogP contribution in [0, 0.1) is 11.3 Å². The van der Waals surface area contributed by atoms with Gasteiger partial charge in [0.15, 0.2) is 0 Å². The van der Waals surface area contributed by atoms with Crippen LogP contribution in [0.2, 0.25) is 0 Å². The quantitative estimate of drug-likeness (QED) is 0.840. The van der Waals surface area contributed by atoms with Gasteiger partial charge in [0.2, 0.25) is 15.9 Å². The fourth-order valence-corrected chi connectivity index (χ4v) is 3.08. The van der Waals surface area contributed by atoms with Crippen molar-refractivity contribution >= 4 is 27.3 Å². The number of halogens is 3. The summed E-state index contributed by atoms with van der Waals surface area (Å²) in [5.41, 5.74) is -0.772. The van der Waals surface area contributed by atoms with E-state index in [1.54, 1.807) is 0 Å². The van der Waals surface area contributed by atoms with Crippen LogP contribution in [0.5, 0.6) is 0 Å². The minimum atomic E-state index is -4.57. The molecule has 0 saturated carbocycles. The van der Waals surface area contributed by atoms with Crippen molar-refractivity contribution in [3.8, 4) is 6.07 Å². The lowest BCUT2D eigenvalue weighted by Gasteiger charge is -2.22. The molecule has 27 heavy (non-hydrogen) atoms. The number of anilines is 2. The second-order valence-electron chi connectivity index (χ2n) is 5.56. The van der Waals surface area contributed by atoms with E-state index in [1.165, 1.54) is 30.3 Å². The predicted octanol–water partition coefficient (Wildman–Crippen LogP) is 2.98. The third-order valence-electron chi connectivity index (χ3n) is 3.42. The van der Waals surface area contributed by atoms with Crippen molar-refractivity contribution in [1.29, 1.82) is 5.26 Å². The summed E-state index contributed by atoms with van der Waals surface area (Å²) in [6, 6.07) is 11.5. The highest BCUT2D eigenvalue weighted by Crippen LogP contribution is 2.30. The van der Waals surface area contributed by atoms with E-state index in [-0.39, 0.29) is 16.9 Å². The molecule has 0 aromatic heterocycles. The molecule has 10 heteroatoms. The highest BCUT2D eigenvalue weighted by molar-refractivity contribution is 7.92. The van der Waals surface area contributed by atoms with E-state index in [1.807, 2.05) is 6.07 Å². The number of amides is 1. The molecule has 0 atom stereocenters. The Morgan fingerprint density at radius 2 is 1.85 bits per heavy atom. The molecule has 0 radical (unpaired) electrons. The minimum Gasteiger partial charge on any atom is -0.325 e. The second kappa shape index (κ2) is 7.67. The van der Waals surface area contributed by atoms with Gasteiger partial charge in [0.25, 0.3) is 0 Å². The molecule has 2 rings (SSSR count). The molecule has 0 aliphatic heterocycles. The Hall–Kier alpha value is -3.06. The van der Waals surface area contributed by atoms with Crippen molar-refractivity contribution in [3.05, 3.63) is 59.7 Å². The van der Waals surface area contributed by atoms with E-state index in [9.17, 15) is 26.4 Å². The normalized spacial score (nSPS) is 11.5. The average Bonchev–Trinajstić information content (AvgIpc) is 2.58. The molecule has 142 valence electrons. The zero-order valence-electron chi connectivity index (χ0n) is 14.0. The first-order chi connectivity index (χ1) is 12.5. The third kappa shape index (κ3) is 5.46. The van der Waals surface area contributed by atoms with Crippen molar-refractivity contribution in [2.45, 2.75) is 6.18 Å². The maximum absolute atomic E-state index is 12.7. The molecular weight excluding hydrogens is 383 g/mol. The van der Waals surface area contributed by atoms with Gasteiger partial charge in [-0.2, -0.15) is 18.4 Å². The molecule has 0 spiro atoms. The summed E-state index contributed by atoms with van der Waals surface area (Å²) in [6.07, 6.45) is -3.69. The second-order valence-corrected chi connectivity index (χ2v) is 7.47. The van der Waals surface area contributed by atoms with Gasteiger partial charge >= 0.3 is 6.18 Å². The van der Waals surface area contributed by atoms with Crippen LogP contribution in [0.25, 0.3) is 0 Å². The van der Waals surface area contributed by atoms with E-state index in [4.69, 9.17) is 5.26 Å².